The number of rotatable bonds is 5. The predicted octanol–water partition coefficient (Wildman–Crippen LogP) is 5.41. The molecule has 2 unspecified atom stereocenters. The van der Waals surface area contributed by atoms with Crippen molar-refractivity contribution in [2.24, 2.45) is 0 Å². The van der Waals surface area contributed by atoms with E-state index in [4.69, 9.17) is 10.5 Å². The van der Waals surface area contributed by atoms with Gasteiger partial charge in [0.15, 0.2) is 0 Å². The summed E-state index contributed by atoms with van der Waals surface area (Å²) < 4.78 is 81.1. The number of thiophene rings is 1. The fourth-order valence-corrected chi connectivity index (χ4v) is 8.90. The Morgan fingerprint density at radius 3 is 2.70 bits per heavy atom. The van der Waals surface area contributed by atoms with Gasteiger partial charge in [0.2, 0.25) is 0 Å². The van der Waals surface area contributed by atoms with Crippen molar-refractivity contribution in [3.05, 3.63) is 35.3 Å². The standard InChI is InChI=1S/C31H29F5N8OS/c32-15-8-30(6-1-7-44(30)11-15)14-45-29-41-25-20(28(42-29)43-12-16-2-3-17(13-43)40-16)10-39-24(23(25)31(34,35)36)18-4-5-21(33)26-22(18)19(9-37)27(38)46-26/h4-5,10,15-17,40H,1-3,6-8,11-14,38H2/t15-,16?,17?,30+/m0/s1. The summed E-state index contributed by atoms with van der Waals surface area (Å²) in [5.41, 5.74) is 3.15. The van der Waals surface area contributed by atoms with Gasteiger partial charge in [-0.3, -0.25) is 9.88 Å². The molecule has 4 saturated heterocycles. The van der Waals surface area contributed by atoms with Crippen LogP contribution in [0.25, 0.3) is 32.2 Å². The van der Waals surface area contributed by atoms with E-state index in [1.165, 1.54) is 12.3 Å². The number of nitrogens with one attached hydrogen (secondary N) is 1. The molecule has 0 radical (unpaired) electrons. The van der Waals surface area contributed by atoms with E-state index >= 15 is 13.2 Å². The Bertz CT molecular complexity index is 1920. The molecule has 15 heteroatoms. The summed E-state index contributed by atoms with van der Waals surface area (Å²) in [6.45, 7) is 2.14. The van der Waals surface area contributed by atoms with Crippen molar-refractivity contribution in [1.82, 2.24) is 25.2 Å². The van der Waals surface area contributed by atoms with Crippen molar-refractivity contribution in [2.45, 2.75) is 62.1 Å². The number of nitrogens with two attached hydrogens (primary N) is 1. The second-order valence-corrected chi connectivity index (χ2v) is 13.8. The van der Waals surface area contributed by atoms with Gasteiger partial charge in [-0.15, -0.1) is 11.3 Å². The Hall–Kier alpha value is -3.87. The van der Waals surface area contributed by atoms with Crippen LogP contribution in [0.2, 0.25) is 0 Å². The average molecular weight is 657 g/mol. The van der Waals surface area contributed by atoms with E-state index in [9.17, 15) is 14.0 Å². The number of alkyl halides is 4. The lowest BCUT2D eigenvalue weighted by Crippen LogP contribution is -2.51. The molecular weight excluding hydrogens is 627 g/mol. The minimum atomic E-state index is -4.96. The second-order valence-electron chi connectivity index (χ2n) is 12.7. The number of hydrogen-bond acceptors (Lipinski definition) is 10. The first-order chi connectivity index (χ1) is 22.0. The lowest BCUT2D eigenvalue weighted by Gasteiger charge is -2.35. The van der Waals surface area contributed by atoms with E-state index in [0.29, 0.717) is 26.1 Å². The molecule has 0 spiro atoms. The number of piperazine rings is 1. The third-order valence-corrected chi connectivity index (χ3v) is 10.9. The Kier molecular flexibility index (Phi) is 6.79. The van der Waals surface area contributed by atoms with Gasteiger partial charge in [0.05, 0.1) is 32.4 Å². The van der Waals surface area contributed by atoms with Crippen LogP contribution in [-0.2, 0) is 6.18 Å². The number of anilines is 2. The second kappa shape index (κ2) is 10.6. The molecule has 7 heterocycles. The van der Waals surface area contributed by atoms with Crippen LogP contribution in [0.5, 0.6) is 6.01 Å². The zero-order chi connectivity index (χ0) is 32.0. The smallest absolute Gasteiger partial charge is 0.420 e. The van der Waals surface area contributed by atoms with E-state index in [1.807, 2.05) is 11.0 Å². The molecule has 240 valence electrons. The normalized spacial score (nSPS) is 26.3. The van der Waals surface area contributed by atoms with Gasteiger partial charge in [-0.05, 0) is 44.4 Å². The fraction of sp³-hybridized carbons (Fsp3) is 0.484. The summed E-state index contributed by atoms with van der Waals surface area (Å²) >= 11 is 0.794. The first-order valence-corrected chi connectivity index (χ1v) is 16.1. The molecule has 4 fully saturated rings. The van der Waals surface area contributed by atoms with Crippen molar-refractivity contribution in [1.29, 1.82) is 5.26 Å². The van der Waals surface area contributed by atoms with Crippen molar-refractivity contribution < 1.29 is 26.7 Å². The number of nitrogens with zero attached hydrogens (tertiary/aromatic N) is 6. The van der Waals surface area contributed by atoms with Crippen LogP contribution in [0, 0.1) is 17.1 Å². The highest BCUT2D eigenvalue weighted by Gasteiger charge is 2.49. The van der Waals surface area contributed by atoms with Gasteiger partial charge in [0, 0.05) is 55.3 Å². The first kappa shape index (κ1) is 29.5. The third-order valence-electron chi connectivity index (χ3n) is 9.92. The van der Waals surface area contributed by atoms with Crippen LogP contribution >= 0.6 is 11.3 Å². The van der Waals surface area contributed by atoms with Crippen molar-refractivity contribution in [3.63, 3.8) is 0 Å². The van der Waals surface area contributed by atoms with Gasteiger partial charge in [-0.1, -0.05) is 0 Å². The van der Waals surface area contributed by atoms with E-state index in [-0.39, 0.29) is 68.5 Å². The van der Waals surface area contributed by atoms with Crippen LogP contribution in [0.3, 0.4) is 0 Å². The number of nitrogen functional groups attached to an aromatic ring is 1. The summed E-state index contributed by atoms with van der Waals surface area (Å²) in [5, 5.41) is 13.4. The number of nitriles is 1. The highest BCUT2D eigenvalue weighted by molar-refractivity contribution is 7.23. The number of aromatic nitrogens is 3. The Balaban J connectivity index is 1.33. The number of fused-ring (bicyclic) bond motifs is 5. The molecule has 3 aromatic heterocycles. The molecule has 9 nitrogen and oxygen atoms in total. The summed E-state index contributed by atoms with van der Waals surface area (Å²) in [6, 6.07) is 4.23. The van der Waals surface area contributed by atoms with Gasteiger partial charge >= 0.3 is 12.2 Å². The Labute approximate surface area is 264 Å². The lowest BCUT2D eigenvalue weighted by molar-refractivity contribution is -0.136. The number of pyridine rings is 1. The van der Waals surface area contributed by atoms with Gasteiger partial charge in [0.1, 0.15) is 41.0 Å². The SMILES string of the molecule is N#Cc1c(N)sc2c(F)ccc(-c3ncc4c(N5CC6CCC(C5)N6)nc(OC[C@]56CCCN5C[C@@H](F)C6)nc4c3C(F)(F)F)c12. The van der Waals surface area contributed by atoms with E-state index in [1.54, 1.807) is 0 Å². The molecule has 4 aromatic rings. The van der Waals surface area contributed by atoms with Gasteiger partial charge < -0.3 is 20.7 Å². The highest BCUT2D eigenvalue weighted by Crippen LogP contribution is 2.47. The molecular formula is C31H29F5N8OS. The Morgan fingerprint density at radius 2 is 1.96 bits per heavy atom. The summed E-state index contributed by atoms with van der Waals surface area (Å²) in [6.07, 6.45) is -0.907. The van der Waals surface area contributed by atoms with Crippen LogP contribution in [0.1, 0.15) is 43.2 Å². The van der Waals surface area contributed by atoms with E-state index in [0.717, 1.165) is 43.2 Å². The van der Waals surface area contributed by atoms with Gasteiger partial charge in [-0.2, -0.15) is 28.4 Å². The molecule has 0 saturated carbocycles. The minimum Gasteiger partial charge on any atom is -0.461 e. The molecule has 46 heavy (non-hydrogen) atoms. The predicted molar refractivity (Wildman–Crippen MR) is 163 cm³/mol. The number of ether oxygens (including phenoxy) is 1. The van der Waals surface area contributed by atoms with Crippen LogP contribution < -0.4 is 20.7 Å². The molecule has 0 amide bonds. The van der Waals surface area contributed by atoms with Crippen molar-refractivity contribution in [3.8, 4) is 23.3 Å². The number of hydrogen-bond donors (Lipinski definition) is 2. The lowest BCUT2D eigenvalue weighted by atomic mass is 9.95. The number of benzene rings is 1. The first-order valence-electron chi connectivity index (χ1n) is 15.3. The third kappa shape index (κ3) is 4.64. The highest BCUT2D eigenvalue weighted by atomic mass is 32.1. The number of halogens is 5. The summed E-state index contributed by atoms with van der Waals surface area (Å²) in [5.74, 6) is -0.428. The molecule has 2 bridgehead atoms. The molecule has 1 aromatic carbocycles. The fourth-order valence-electron chi connectivity index (χ4n) is 7.95. The van der Waals surface area contributed by atoms with Gasteiger partial charge in [-0.25, -0.2) is 8.78 Å². The average Bonchev–Trinajstić information content (AvgIpc) is 3.75. The van der Waals surface area contributed by atoms with Crippen LogP contribution in [0.4, 0.5) is 32.8 Å². The maximum absolute atomic E-state index is 15.2. The quantitative estimate of drug-likeness (QED) is 0.272. The Morgan fingerprint density at radius 1 is 1.17 bits per heavy atom. The van der Waals surface area contributed by atoms with Gasteiger partial charge in [0.25, 0.3) is 0 Å². The van der Waals surface area contributed by atoms with E-state index in [2.05, 4.69) is 25.2 Å². The zero-order valence-corrected chi connectivity index (χ0v) is 25.3. The monoisotopic (exact) mass is 656 g/mol. The summed E-state index contributed by atoms with van der Waals surface area (Å²) in [7, 11) is 0. The summed E-state index contributed by atoms with van der Waals surface area (Å²) in [4.78, 5) is 17.3. The van der Waals surface area contributed by atoms with Crippen LogP contribution in [0.15, 0.2) is 18.3 Å². The molecule has 4 aliphatic rings. The van der Waals surface area contributed by atoms with Crippen LogP contribution in [-0.4, -0.2) is 76.4 Å². The largest absolute Gasteiger partial charge is 0.461 e. The molecule has 8 rings (SSSR count). The van der Waals surface area contributed by atoms with E-state index < -0.39 is 40.5 Å². The zero-order valence-electron chi connectivity index (χ0n) is 24.5. The molecule has 4 aliphatic heterocycles. The molecule has 0 aliphatic carbocycles. The maximum atomic E-state index is 15.2. The minimum absolute atomic E-state index is 0.00500. The molecule has 3 N–H and O–H groups in total. The van der Waals surface area contributed by atoms with Crippen molar-refractivity contribution >= 4 is 43.1 Å². The maximum Gasteiger partial charge on any atom is 0.420 e. The molecule has 4 atom stereocenters. The topological polar surface area (TPSA) is 116 Å². The van der Waals surface area contributed by atoms with Crippen molar-refractivity contribution in [2.75, 3.05) is 43.4 Å².